The molecule has 0 aliphatic carbocycles. The third-order valence-electron chi connectivity index (χ3n) is 4.10. The number of rotatable bonds is 8. The Hall–Kier alpha value is -3.79. The molecule has 0 aliphatic rings. The number of carbonyl (C=O) groups excluding carboxylic acids is 2. The number of ether oxygens (including phenoxy) is 1. The SMILES string of the molecule is COc1ccc(NC(=O)c2csc(NC(=O)CCc3ccccc3)n2)cc1[N+](=O)[O-]. The molecule has 0 atom stereocenters. The summed E-state index contributed by atoms with van der Waals surface area (Å²) in [6, 6.07) is 13.7. The third kappa shape index (κ3) is 5.39. The van der Waals surface area contributed by atoms with Crippen molar-refractivity contribution in [3.63, 3.8) is 0 Å². The van der Waals surface area contributed by atoms with Gasteiger partial charge >= 0.3 is 5.69 Å². The van der Waals surface area contributed by atoms with Crippen molar-refractivity contribution < 1.29 is 19.2 Å². The van der Waals surface area contributed by atoms with E-state index >= 15 is 0 Å². The van der Waals surface area contributed by atoms with E-state index in [9.17, 15) is 19.7 Å². The molecule has 0 saturated carbocycles. The third-order valence-corrected chi connectivity index (χ3v) is 4.86. The average molecular weight is 426 g/mol. The number of nitrogens with zero attached hydrogens (tertiary/aromatic N) is 2. The number of hydrogen-bond donors (Lipinski definition) is 2. The lowest BCUT2D eigenvalue weighted by Gasteiger charge is -2.06. The predicted octanol–water partition coefficient (Wildman–Crippen LogP) is 3.88. The van der Waals surface area contributed by atoms with Crippen molar-refractivity contribution in [3.05, 3.63) is 75.3 Å². The molecule has 30 heavy (non-hydrogen) atoms. The molecule has 0 aliphatic heterocycles. The van der Waals surface area contributed by atoms with E-state index in [4.69, 9.17) is 4.74 Å². The Morgan fingerprint density at radius 3 is 2.63 bits per heavy atom. The first-order chi connectivity index (χ1) is 14.5. The number of hydrogen-bond acceptors (Lipinski definition) is 7. The Bertz CT molecular complexity index is 1070. The number of nitrogens with one attached hydrogen (secondary N) is 2. The number of anilines is 2. The standard InChI is InChI=1S/C20H18N4O5S/c1-29-17-9-8-14(11-16(17)24(27)28)21-19(26)15-12-30-20(22-15)23-18(25)10-7-13-5-3-2-4-6-13/h2-6,8-9,11-12H,7,10H2,1H3,(H,21,26)(H,22,23,25). The number of carbonyl (C=O) groups is 2. The van der Waals surface area contributed by atoms with Gasteiger partial charge in [0.25, 0.3) is 5.91 Å². The molecular formula is C20H18N4O5S. The number of aromatic nitrogens is 1. The minimum atomic E-state index is -0.597. The maximum Gasteiger partial charge on any atom is 0.312 e. The molecule has 0 unspecified atom stereocenters. The molecule has 1 heterocycles. The van der Waals surface area contributed by atoms with Crippen LogP contribution >= 0.6 is 11.3 Å². The van der Waals surface area contributed by atoms with Gasteiger partial charge in [-0.2, -0.15) is 0 Å². The zero-order valence-corrected chi connectivity index (χ0v) is 16.8. The average Bonchev–Trinajstić information content (AvgIpc) is 3.21. The summed E-state index contributed by atoms with van der Waals surface area (Å²) in [5, 5.41) is 18.1. The van der Waals surface area contributed by atoms with Gasteiger partial charge in [0.15, 0.2) is 10.9 Å². The molecule has 2 aromatic carbocycles. The number of benzene rings is 2. The van der Waals surface area contributed by atoms with Gasteiger partial charge < -0.3 is 15.4 Å². The smallest absolute Gasteiger partial charge is 0.312 e. The Labute approximate surface area is 175 Å². The van der Waals surface area contributed by atoms with Gasteiger partial charge in [-0.05, 0) is 24.1 Å². The van der Waals surface area contributed by atoms with Gasteiger partial charge in [-0.25, -0.2) is 4.98 Å². The van der Waals surface area contributed by atoms with Gasteiger partial charge in [-0.3, -0.25) is 19.7 Å². The summed E-state index contributed by atoms with van der Waals surface area (Å²) in [6.45, 7) is 0. The molecule has 2 N–H and O–H groups in total. The van der Waals surface area contributed by atoms with Gasteiger partial charge in [0.1, 0.15) is 5.69 Å². The number of nitro groups is 1. The fraction of sp³-hybridized carbons (Fsp3) is 0.150. The highest BCUT2D eigenvalue weighted by Gasteiger charge is 2.18. The maximum atomic E-state index is 12.4. The van der Waals surface area contributed by atoms with Crippen LogP contribution in [0.1, 0.15) is 22.5 Å². The maximum absolute atomic E-state index is 12.4. The van der Waals surface area contributed by atoms with Crippen molar-refractivity contribution in [3.8, 4) is 5.75 Å². The molecule has 0 radical (unpaired) electrons. The summed E-state index contributed by atoms with van der Waals surface area (Å²) in [5.74, 6) is -0.659. The molecule has 3 aromatic rings. The lowest BCUT2D eigenvalue weighted by molar-refractivity contribution is -0.385. The second kappa shape index (κ2) is 9.61. The van der Waals surface area contributed by atoms with E-state index in [1.165, 1.54) is 30.7 Å². The Balaban J connectivity index is 1.59. The molecule has 154 valence electrons. The molecule has 10 heteroatoms. The fourth-order valence-electron chi connectivity index (χ4n) is 2.63. The van der Waals surface area contributed by atoms with Gasteiger partial charge in [0, 0.05) is 23.6 Å². The summed E-state index contributed by atoms with van der Waals surface area (Å²) >= 11 is 1.12. The van der Waals surface area contributed by atoms with Crippen LogP contribution in [0.15, 0.2) is 53.9 Å². The van der Waals surface area contributed by atoms with Crippen LogP contribution < -0.4 is 15.4 Å². The second-order valence-electron chi connectivity index (χ2n) is 6.17. The van der Waals surface area contributed by atoms with E-state index in [2.05, 4.69) is 15.6 Å². The summed E-state index contributed by atoms with van der Waals surface area (Å²) in [5.41, 5.74) is 1.12. The van der Waals surface area contributed by atoms with Crippen molar-refractivity contribution in [1.29, 1.82) is 0 Å². The van der Waals surface area contributed by atoms with Crippen molar-refractivity contribution in [2.45, 2.75) is 12.8 Å². The lowest BCUT2D eigenvalue weighted by Crippen LogP contribution is -2.14. The van der Waals surface area contributed by atoms with E-state index in [1.807, 2.05) is 30.3 Å². The number of nitro benzene ring substituents is 1. The summed E-state index contributed by atoms with van der Waals surface area (Å²) in [7, 11) is 1.32. The van der Waals surface area contributed by atoms with Crippen LogP contribution in [-0.4, -0.2) is 28.8 Å². The van der Waals surface area contributed by atoms with Gasteiger partial charge in [0.2, 0.25) is 5.91 Å². The van der Waals surface area contributed by atoms with Crippen molar-refractivity contribution in [2.75, 3.05) is 17.7 Å². The Morgan fingerprint density at radius 1 is 1.17 bits per heavy atom. The number of methoxy groups -OCH3 is 1. The van der Waals surface area contributed by atoms with E-state index in [0.717, 1.165) is 16.9 Å². The fourth-order valence-corrected chi connectivity index (χ4v) is 3.33. The Morgan fingerprint density at radius 2 is 1.93 bits per heavy atom. The van der Waals surface area contributed by atoms with Crippen LogP contribution in [-0.2, 0) is 11.2 Å². The van der Waals surface area contributed by atoms with Crippen LogP contribution in [0.3, 0.4) is 0 Å². The lowest BCUT2D eigenvalue weighted by atomic mass is 10.1. The van der Waals surface area contributed by atoms with Crippen LogP contribution in [0, 0.1) is 10.1 Å². The molecule has 0 bridgehead atoms. The van der Waals surface area contributed by atoms with Crippen molar-refractivity contribution in [2.24, 2.45) is 0 Å². The van der Waals surface area contributed by atoms with Crippen molar-refractivity contribution in [1.82, 2.24) is 4.98 Å². The molecule has 9 nitrogen and oxygen atoms in total. The molecule has 2 amide bonds. The zero-order valence-electron chi connectivity index (χ0n) is 16.0. The monoisotopic (exact) mass is 426 g/mol. The minimum absolute atomic E-state index is 0.0900. The highest BCUT2D eigenvalue weighted by molar-refractivity contribution is 7.14. The Kier molecular flexibility index (Phi) is 6.71. The number of thiazole rings is 1. The topological polar surface area (TPSA) is 123 Å². The van der Waals surface area contributed by atoms with E-state index in [1.54, 1.807) is 0 Å². The van der Waals surface area contributed by atoms with Crippen LogP contribution in [0.5, 0.6) is 5.75 Å². The van der Waals surface area contributed by atoms with E-state index in [0.29, 0.717) is 18.0 Å². The summed E-state index contributed by atoms with van der Waals surface area (Å²) < 4.78 is 4.93. The normalized spacial score (nSPS) is 10.3. The summed E-state index contributed by atoms with van der Waals surface area (Å²) in [6.07, 6.45) is 0.891. The first-order valence-corrected chi connectivity index (χ1v) is 9.77. The molecular weight excluding hydrogens is 408 g/mol. The molecule has 1 aromatic heterocycles. The van der Waals surface area contributed by atoms with Crippen molar-refractivity contribution >= 4 is 39.7 Å². The van der Waals surface area contributed by atoms with E-state index < -0.39 is 10.8 Å². The highest BCUT2D eigenvalue weighted by atomic mass is 32.1. The minimum Gasteiger partial charge on any atom is -0.490 e. The van der Waals surface area contributed by atoms with Gasteiger partial charge in [-0.15, -0.1) is 11.3 Å². The quantitative estimate of drug-likeness (QED) is 0.416. The largest absolute Gasteiger partial charge is 0.490 e. The second-order valence-corrected chi connectivity index (χ2v) is 7.03. The van der Waals surface area contributed by atoms with E-state index in [-0.39, 0.29) is 28.7 Å². The molecule has 3 rings (SSSR count). The first-order valence-electron chi connectivity index (χ1n) is 8.89. The van der Waals surface area contributed by atoms with Gasteiger partial charge in [0.05, 0.1) is 12.0 Å². The van der Waals surface area contributed by atoms with Crippen LogP contribution in [0.25, 0.3) is 0 Å². The molecule has 0 saturated heterocycles. The summed E-state index contributed by atoms with van der Waals surface area (Å²) in [4.78, 5) is 39.1. The molecule has 0 spiro atoms. The number of amides is 2. The zero-order chi connectivity index (χ0) is 21.5. The van der Waals surface area contributed by atoms with Crippen LogP contribution in [0.2, 0.25) is 0 Å². The predicted molar refractivity (Wildman–Crippen MR) is 113 cm³/mol. The molecule has 0 fully saturated rings. The highest BCUT2D eigenvalue weighted by Crippen LogP contribution is 2.30. The van der Waals surface area contributed by atoms with Crippen LogP contribution in [0.4, 0.5) is 16.5 Å². The number of aryl methyl sites for hydroxylation is 1. The first kappa shape index (κ1) is 20.9. The van der Waals surface area contributed by atoms with Gasteiger partial charge in [-0.1, -0.05) is 30.3 Å².